The summed E-state index contributed by atoms with van der Waals surface area (Å²) in [5.41, 5.74) is 1.97. The van der Waals surface area contributed by atoms with Crippen molar-refractivity contribution >= 4 is 11.6 Å². The van der Waals surface area contributed by atoms with E-state index < -0.39 is 0 Å². The average Bonchev–Trinajstić information content (AvgIpc) is 1.96. The maximum absolute atomic E-state index is 9.11. The van der Waals surface area contributed by atoms with Gasteiger partial charge in [0.25, 0.3) is 0 Å². The zero-order chi connectivity index (χ0) is 9.14. The quantitative estimate of drug-likeness (QED) is 0.715. The maximum atomic E-state index is 9.11. The lowest BCUT2D eigenvalue weighted by atomic mass is 10.1. The molecule has 0 aliphatic rings. The molecule has 3 heteroatoms. The minimum atomic E-state index is -0.327. The Kier molecular flexibility index (Phi) is 3.06. The third kappa shape index (κ3) is 2.47. The molecule has 0 saturated carbocycles. The molecule has 66 valence electrons. The van der Waals surface area contributed by atoms with Crippen LogP contribution in [0.15, 0.2) is 12.3 Å². The highest BCUT2D eigenvalue weighted by atomic mass is 35.5. The largest absolute Gasteiger partial charge is 0.393 e. The van der Waals surface area contributed by atoms with Gasteiger partial charge in [0.15, 0.2) is 0 Å². The molecule has 0 bridgehead atoms. The number of rotatable bonds is 2. The van der Waals surface area contributed by atoms with Gasteiger partial charge >= 0.3 is 0 Å². The number of aliphatic hydroxyl groups is 1. The fraction of sp³-hybridized carbons (Fsp3) is 0.444. The molecule has 1 aromatic heterocycles. The lowest BCUT2D eigenvalue weighted by molar-refractivity contribution is 0.195. The van der Waals surface area contributed by atoms with Crippen molar-refractivity contribution in [1.82, 2.24) is 4.98 Å². The van der Waals surface area contributed by atoms with E-state index in [0.717, 1.165) is 11.1 Å². The highest BCUT2D eigenvalue weighted by Crippen LogP contribution is 2.13. The highest BCUT2D eigenvalue weighted by molar-refractivity contribution is 6.30. The van der Waals surface area contributed by atoms with Gasteiger partial charge in [-0.1, -0.05) is 17.7 Å². The highest BCUT2D eigenvalue weighted by Gasteiger charge is 2.01. The lowest BCUT2D eigenvalue weighted by Gasteiger charge is -2.04. The molecule has 0 aliphatic heterocycles. The fourth-order valence-electron chi connectivity index (χ4n) is 1.07. The second-order valence-corrected chi connectivity index (χ2v) is 3.36. The Morgan fingerprint density at radius 1 is 1.67 bits per heavy atom. The van der Waals surface area contributed by atoms with Gasteiger partial charge in [0, 0.05) is 6.20 Å². The van der Waals surface area contributed by atoms with Crippen molar-refractivity contribution < 1.29 is 5.11 Å². The molecule has 1 rings (SSSR count). The predicted octanol–water partition coefficient (Wildman–Crippen LogP) is 1.97. The molecular weight excluding hydrogens is 174 g/mol. The molecule has 1 atom stereocenters. The summed E-state index contributed by atoms with van der Waals surface area (Å²) in [6.45, 7) is 3.66. The molecule has 0 saturated heterocycles. The first-order valence-electron chi connectivity index (χ1n) is 3.88. The summed E-state index contributed by atoms with van der Waals surface area (Å²) in [5, 5.41) is 9.64. The first kappa shape index (κ1) is 9.49. The third-order valence-electron chi connectivity index (χ3n) is 1.60. The minimum Gasteiger partial charge on any atom is -0.393 e. The van der Waals surface area contributed by atoms with E-state index in [0.29, 0.717) is 11.6 Å². The topological polar surface area (TPSA) is 33.1 Å². The molecule has 0 amide bonds. The van der Waals surface area contributed by atoms with Crippen LogP contribution in [-0.2, 0) is 6.42 Å². The zero-order valence-corrected chi connectivity index (χ0v) is 7.97. The summed E-state index contributed by atoms with van der Waals surface area (Å²) in [6, 6.07) is 1.95. The van der Waals surface area contributed by atoms with Gasteiger partial charge in [-0.25, -0.2) is 4.98 Å². The summed E-state index contributed by atoms with van der Waals surface area (Å²) < 4.78 is 0. The van der Waals surface area contributed by atoms with E-state index in [-0.39, 0.29) is 6.10 Å². The Morgan fingerprint density at radius 2 is 2.33 bits per heavy atom. The van der Waals surface area contributed by atoms with Gasteiger partial charge in [0.2, 0.25) is 0 Å². The number of halogens is 1. The normalized spacial score (nSPS) is 13.0. The van der Waals surface area contributed by atoms with Crippen LogP contribution in [0.5, 0.6) is 0 Å². The summed E-state index contributed by atoms with van der Waals surface area (Å²) in [6.07, 6.45) is 2.00. The van der Waals surface area contributed by atoms with Crippen LogP contribution < -0.4 is 0 Å². The van der Waals surface area contributed by atoms with E-state index in [2.05, 4.69) is 4.98 Å². The van der Waals surface area contributed by atoms with Crippen LogP contribution in [0.2, 0.25) is 5.15 Å². The van der Waals surface area contributed by atoms with Crippen LogP contribution in [0, 0.1) is 6.92 Å². The van der Waals surface area contributed by atoms with Crippen molar-refractivity contribution in [2.45, 2.75) is 26.4 Å². The molecule has 0 fully saturated rings. The van der Waals surface area contributed by atoms with Crippen molar-refractivity contribution in [2.24, 2.45) is 0 Å². The lowest BCUT2D eigenvalue weighted by Crippen LogP contribution is -2.04. The van der Waals surface area contributed by atoms with E-state index in [9.17, 15) is 0 Å². The molecule has 1 N–H and O–H groups in total. The predicted molar refractivity (Wildman–Crippen MR) is 49.4 cm³/mol. The molecule has 0 radical (unpaired) electrons. The van der Waals surface area contributed by atoms with Crippen LogP contribution in [0.1, 0.15) is 18.1 Å². The number of aryl methyl sites for hydroxylation is 1. The molecule has 12 heavy (non-hydrogen) atoms. The van der Waals surface area contributed by atoms with Gasteiger partial charge in [0.1, 0.15) is 5.15 Å². The molecule has 1 aromatic rings. The maximum Gasteiger partial charge on any atom is 0.131 e. The molecular formula is C9H12ClNO. The van der Waals surface area contributed by atoms with Gasteiger partial charge in [-0.05, 0) is 31.4 Å². The monoisotopic (exact) mass is 185 g/mol. The summed E-state index contributed by atoms with van der Waals surface area (Å²) in [5.74, 6) is 0. The van der Waals surface area contributed by atoms with Crippen LogP contribution in [0.4, 0.5) is 0 Å². The minimum absolute atomic E-state index is 0.327. The molecule has 0 aromatic carbocycles. The number of aromatic nitrogens is 1. The molecule has 0 unspecified atom stereocenters. The average molecular weight is 186 g/mol. The number of hydrogen-bond donors (Lipinski definition) is 1. The number of hydrogen-bond acceptors (Lipinski definition) is 2. The SMILES string of the molecule is Cc1cc(C[C@@H](C)O)cnc1Cl. The fourth-order valence-corrected chi connectivity index (χ4v) is 1.17. The Labute approximate surface area is 77.2 Å². The number of nitrogens with zero attached hydrogens (tertiary/aromatic N) is 1. The van der Waals surface area contributed by atoms with Crippen molar-refractivity contribution in [3.05, 3.63) is 28.5 Å². The zero-order valence-electron chi connectivity index (χ0n) is 7.21. The molecule has 0 spiro atoms. The smallest absolute Gasteiger partial charge is 0.131 e. The molecule has 2 nitrogen and oxygen atoms in total. The van der Waals surface area contributed by atoms with E-state index in [1.807, 2.05) is 13.0 Å². The first-order chi connectivity index (χ1) is 5.59. The van der Waals surface area contributed by atoms with Gasteiger partial charge < -0.3 is 5.11 Å². The third-order valence-corrected chi connectivity index (χ3v) is 2.00. The van der Waals surface area contributed by atoms with Crippen LogP contribution in [-0.4, -0.2) is 16.2 Å². The van der Waals surface area contributed by atoms with E-state index in [4.69, 9.17) is 16.7 Å². The first-order valence-corrected chi connectivity index (χ1v) is 4.26. The second-order valence-electron chi connectivity index (χ2n) is 3.00. The van der Waals surface area contributed by atoms with Crippen molar-refractivity contribution in [2.75, 3.05) is 0 Å². The van der Waals surface area contributed by atoms with Crippen molar-refractivity contribution in [3.8, 4) is 0 Å². The van der Waals surface area contributed by atoms with Gasteiger partial charge in [-0.15, -0.1) is 0 Å². The number of pyridine rings is 1. The van der Waals surface area contributed by atoms with Crippen LogP contribution in [0.3, 0.4) is 0 Å². The summed E-state index contributed by atoms with van der Waals surface area (Å²) in [7, 11) is 0. The molecule has 0 aliphatic carbocycles. The van der Waals surface area contributed by atoms with Crippen molar-refractivity contribution in [3.63, 3.8) is 0 Å². The van der Waals surface area contributed by atoms with E-state index in [1.54, 1.807) is 13.1 Å². The Morgan fingerprint density at radius 3 is 2.83 bits per heavy atom. The summed E-state index contributed by atoms with van der Waals surface area (Å²) >= 11 is 5.74. The Bertz CT molecular complexity index is 273. The van der Waals surface area contributed by atoms with Gasteiger partial charge in [-0.3, -0.25) is 0 Å². The number of aliphatic hydroxyl groups excluding tert-OH is 1. The Balaban J connectivity index is 2.82. The van der Waals surface area contributed by atoms with Crippen LogP contribution >= 0.6 is 11.6 Å². The van der Waals surface area contributed by atoms with Crippen molar-refractivity contribution in [1.29, 1.82) is 0 Å². The second kappa shape index (κ2) is 3.87. The van der Waals surface area contributed by atoms with Gasteiger partial charge in [0.05, 0.1) is 6.10 Å². The van der Waals surface area contributed by atoms with Crippen LogP contribution in [0.25, 0.3) is 0 Å². The van der Waals surface area contributed by atoms with Gasteiger partial charge in [-0.2, -0.15) is 0 Å². The standard InChI is InChI=1S/C9H12ClNO/c1-6-3-8(4-7(2)12)5-11-9(6)10/h3,5,7,12H,4H2,1-2H3/t7-/m1/s1. The van der Waals surface area contributed by atoms with E-state index >= 15 is 0 Å². The molecule has 1 heterocycles. The summed E-state index contributed by atoms with van der Waals surface area (Å²) in [4.78, 5) is 3.99. The van der Waals surface area contributed by atoms with E-state index in [1.165, 1.54) is 0 Å². The Hall–Kier alpha value is -0.600.